The van der Waals surface area contributed by atoms with Crippen LogP contribution < -0.4 is 4.74 Å². The van der Waals surface area contributed by atoms with Gasteiger partial charge in [0.15, 0.2) is 5.54 Å². The summed E-state index contributed by atoms with van der Waals surface area (Å²) in [6, 6.07) is 10.9. The highest BCUT2D eigenvalue weighted by Gasteiger charge is 2.57. The van der Waals surface area contributed by atoms with Crippen molar-refractivity contribution in [2.75, 3.05) is 46.9 Å². The number of ether oxygens (including phenoxy) is 1. The molecule has 14 heteroatoms. The minimum absolute atomic E-state index is 0.0269. The molecule has 0 spiro atoms. The molecular weight excluding hydrogens is 714 g/mol. The molecule has 54 heavy (non-hydrogen) atoms. The van der Waals surface area contributed by atoms with E-state index in [-0.39, 0.29) is 57.8 Å². The number of carbonyl (C=O) groups is 2. The minimum Gasteiger partial charge on any atom is -0.475 e. The third-order valence-corrected chi connectivity index (χ3v) is 11.0. The molecule has 2 aromatic carbocycles. The fourth-order valence-electron chi connectivity index (χ4n) is 8.27. The van der Waals surface area contributed by atoms with Gasteiger partial charge in [-0.25, -0.2) is 4.58 Å². The number of aliphatic hydroxyl groups is 1. The van der Waals surface area contributed by atoms with E-state index >= 15 is 4.79 Å². The van der Waals surface area contributed by atoms with Crippen molar-refractivity contribution in [1.82, 2.24) is 14.7 Å². The Bertz CT molecular complexity index is 1750. The number of carbonyl (C=O) groups excluding carboxylic acids is 2. The summed E-state index contributed by atoms with van der Waals surface area (Å²) in [4.78, 5) is 33.9. The zero-order valence-electron chi connectivity index (χ0n) is 31.0. The van der Waals surface area contributed by atoms with E-state index in [1.807, 2.05) is 42.8 Å². The lowest BCUT2D eigenvalue weighted by Gasteiger charge is -2.51. The summed E-state index contributed by atoms with van der Waals surface area (Å²) in [5.74, 6) is -1.40. The van der Waals surface area contributed by atoms with E-state index in [4.69, 9.17) is 4.74 Å². The number of likely N-dealkylation sites (N-methyl/N-ethyl adjacent to an activating group) is 1. The fraction of sp³-hybridized carbons (Fsp3) is 0.525. The molecule has 2 aromatic rings. The summed E-state index contributed by atoms with van der Waals surface area (Å²) in [5.41, 5.74) is -2.81. The predicted octanol–water partition coefficient (Wildman–Crippen LogP) is 6.72. The molecule has 5 rings (SSSR count). The summed E-state index contributed by atoms with van der Waals surface area (Å²) >= 11 is 0. The first-order chi connectivity index (χ1) is 25.5. The SMILES string of the molecule is C=[N+](C)C1(c2ccccc2CCCO)CCN(C(=O)C2(Oc3ccc(C(F)(F)F)cc3)CCCN(C(=O)C3=CN(C)CC=C3C(F)(F)F)C2CCC)CC1. The summed E-state index contributed by atoms with van der Waals surface area (Å²) < 4.78 is 91.8. The van der Waals surface area contributed by atoms with Crippen LogP contribution in [0.1, 0.15) is 68.6 Å². The molecule has 2 atom stereocenters. The van der Waals surface area contributed by atoms with E-state index in [9.17, 15) is 36.2 Å². The Kier molecular flexibility index (Phi) is 12.2. The average molecular weight is 764 g/mol. The van der Waals surface area contributed by atoms with Gasteiger partial charge in [0.05, 0.1) is 22.8 Å². The van der Waals surface area contributed by atoms with Crippen molar-refractivity contribution in [2.24, 2.45) is 0 Å². The molecule has 294 valence electrons. The first kappa shape index (κ1) is 40.8. The van der Waals surface area contributed by atoms with Crippen LogP contribution >= 0.6 is 0 Å². The summed E-state index contributed by atoms with van der Waals surface area (Å²) in [6.07, 6.45) is -4.24. The molecule has 8 nitrogen and oxygen atoms in total. The average Bonchev–Trinajstić information content (AvgIpc) is 3.13. The van der Waals surface area contributed by atoms with Gasteiger partial charge in [-0.1, -0.05) is 43.7 Å². The third-order valence-electron chi connectivity index (χ3n) is 11.0. The van der Waals surface area contributed by atoms with Crippen LogP contribution in [0, 0.1) is 0 Å². The van der Waals surface area contributed by atoms with Crippen LogP contribution in [0.5, 0.6) is 5.75 Å². The molecule has 2 unspecified atom stereocenters. The highest BCUT2D eigenvalue weighted by Crippen LogP contribution is 2.43. The molecule has 0 aromatic heterocycles. The lowest BCUT2D eigenvalue weighted by atomic mass is 9.76. The molecule has 1 N–H and O–H groups in total. The van der Waals surface area contributed by atoms with Gasteiger partial charge in [0.25, 0.3) is 11.8 Å². The van der Waals surface area contributed by atoms with Gasteiger partial charge in [-0.05, 0) is 55.5 Å². The Morgan fingerprint density at radius 1 is 0.981 bits per heavy atom. The Morgan fingerprint density at radius 2 is 1.65 bits per heavy atom. The van der Waals surface area contributed by atoms with Crippen LogP contribution in [0.25, 0.3) is 0 Å². The lowest BCUT2D eigenvalue weighted by molar-refractivity contribution is -0.591. The molecule has 0 aliphatic carbocycles. The molecule has 2 saturated heterocycles. The maximum atomic E-state index is 15.1. The normalized spacial score (nSPS) is 22.0. The second-order valence-electron chi connectivity index (χ2n) is 14.5. The van der Waals surface area contributed by atoms with E-state index in [2.05, 4.69) is 6.72 Å². The largest absolute Gasteiger partial charge is 0.475 e. The molecule has 3 aliphatic heterocycles. The second-order valence-corrected chi connectivity index (χ2v) is 14.5. The summed E-state index contributed by atoms with van der Waals surface area (Å²) in [7, 11) is 3.43. The van der Waals surface area contributed by atoms with Crippen molar-refractivity contribution in [1.29, 1.82) is 0 Å². The quantitative estimate of drug-likeness (QED) is 0.157. The van der Waals surface area contributed by atoms with Gasteiger partial charge < -0.3 is 24.5 Å². The van der Waals surface area contributed by atoms with Gasteiger partial charge in [0, 0.05) is 70.9 Å². The molecule has 0 bridgehead atoms. The van der Waals surface area contributed by atoms with Gasteiger partial charge >= 0.3 is 12.4 Å². The third kappa shape index (κ3) is 8.18. The molecule has 0 radical (unpaired) electrons. The number of rotatable bonds is 11. The number of hydrogen-bond donors (Lipinski definition) is 1. The van der Waals surface area contributed by atoms with Crippen molar-refractivity contribution in [3.05, 3.63) is 88.6 Å². The van der Waals surface area contributed by atoms with Gasteiger partial charge in [-0.15, -0.1) is 0 Å². The topological polar surface area (TPSA) is 76.3 Å². The first-order valence-electron chi connectivity index (χ1n) is 18.4. The van der Waals surface area contributed by atoms with Crippen LogP contribution in [-0.4, -0.2) is 108 Å². The highest BCUT2D eigenvalue weighted by molar-refractivity contribution is 5.99. The molecule has 2 amide bonds. The number of benzene rings is 2. The van der Waals surface area contributed by atoms with Crippen molar-refractivity contribution in [2.45, 2.75) is 87.8 Å². The second kappa shape index (κ2) is 16.2. The summed E-state index contributed by atoms with van der Waals surface area (Å²) in [6.45, 7) is 6.62. The van der Waals surface area contributed by atoms with Gasteiger partial charge in [0.2, 0.25) is 5.60 Å². The smallest absolute Gasteiger partial charge is 0.416 e. The number of hydrogen-bond acceptors (Lipinski definition) is 5. The fourth-order valence-corrected chi connectivity index (χ4v) is 8.27. The number of nitrogens with zero attached hydrogens (tertiary/aromatic N) is 4. The number of likely N-dealkylation sites (tertiary alicyclic amines) is 2. The standard InChI is InChI=1S/C40H49F6N4O4/c1-5-10-34-38(54-30-16-14-29(15-17-30)39(41,42)43,19-9-22-50(34)35(52)31-27-48(4)23-18-33(31)40(44,45)46)36(53)49-24-20-37(21-25-49,47(2)3)32-13-7-6-11-28(32)12-8-26-51/h6-7,11,13-18,27,34,51H,2,5,8-10,12,19-26H2,1,3-4H3/q+1. The van der Waals surface area contributed by atoms with E-state index in [0.717, 1.165) is 41.5 Å². The Balaban J connectivity index is 1.55. The van der Waals surface area contributed by atoms with Gasteiger partial charge in [0.1, 0.15) is 19.5 Å². The number of halogens is 6. The van der Waals surface area contributed by atoms with Crippen LogP contribution in [0.2, 0.25) is 0 Å². The van der Waals surface area contributed by atoms with E-state index in [1.165, 1.54) is 16.0 Å². The minimum atomic E-state index is -4.80. The zero-order chi connectivity index (χ0) is 39.5. The Hall–Kier alpha value is -4.33. The van der Waals surface area contributed by atoms with Crippen molar-refractivity contribution >= 4 is 18.5 Å². The maximum Gasteiger partial charge on any atom is 0.416 e. The number of piperidine rings is 2. The van der Waals surface area contributed by atoms with Crippen LogP contribution in [-0.2, 0) is 27.7 Å². The van der Waals surface area contributed by atoms with Crippen LogP contribution in [0.15, 0.2) is 72.0 Å². The monoisotopic (exact) mass is 763 g/mol. The van der Waals surface area contributed by atoms with Gasteiger partial charge in [-0.2, -0.15) is 26.3 Å². The first-order valence-corrected chi connectivity index (χ1v) is 18.4. The van der Waals surface area contributed by atoms with Gasteiger partial charge in [-0.3, -0.25) is 9.59 Å². The van der Waals surface area contributed by atoms with Crippen molar-refractivity contribution in [3.63, 3.8) is 0 Å². The number of alkyl halides is 6. The van der Waals surface area contributed by atoms with E-state index < -0.39 is 58.1 Å². The van der Waals surface area contributed by atoms with Crippen LogP contribution in [0.4, 0.5) is 26.3 Å². The lowest BCUT2D eigenvalue weighted by Crippen LogP contribution is -2.69. The Morgan fingerprint density at radius 3 is 2.24 bits per heavy atom. The molecule has 0 saturated carbocycles. The predicted molar refractivity (Wildman–Crippen MR) is 192 cm³/mol. The number of aryl methyl sites for hydroxylation is 1. The maximum absolute atomic E-state index is 15.1. The van der Waals surface area contributed by atoms with E-state index in [1.54, 1.807) is 11.9 Å². The molecule has 3 aliphatic rings. The molecule has 3 heterocycles. The van der Waals surface area contributed by atoms with E-state index in [0.29, 0.717) is 32.1 Å². The van der Waals surface area contributed by atoms with Crippen LogP contribution in [0.3, 0.4) is 0 Å². The number of amides is 2. The van der Waals surface area contributed by atoms with Crippen molar-refractivity contribution < 1.29 is 50.4 Å². The molecular formula is C40H49F6N4O4+. The van der Waals surface area contributed by atoms with Crippen molar-refractivity contribution in [3.8, 4) is 5.75 Å². The Labute approximate surface area is 312 Å². The zero-order valence-corrected chi connectivity index (χ0v) is 31.0. The number of aliphatic hydroxyl groups excluding tert-OH is 1. The highest BCUT2D eigenvalue weighted by atomic mass is 19.4. The summed E-state index contributed by atoms with van der Waals surface area (Å²) in [5, 5.41) is 9.54. The molecule has 2 fully saturated rings.